The Morgan fingerprint density at radius 1 is 1.36 bits per heavy atom. The Balaban J connectivity index is 1.69. The van der Waals surface area contributed by atoms with Gasteiger partial charge >= 0.3 is 0 Å². The number of rotatable bonds is 5. The van der Waals surface area contributed by atoms with E-state index < -0.39 is 0 Å². The van der Waals surface area contributed by atoms with Crippen LogP contribution in [-0.4, -0.2) is 42.5 Å². The zero-order chi connectivity index (χ0) is 15.5. The summed E-state index contributed by atoms with van der Waals surface area (Å²) in [5, 5.41) is 12.9. The molecular formula is C16H26N6. The van der Waals surface area contributed by atoms with Gasteiger partial charge in [-0.15, -0.1) is 10.2 Å². The molecular weight excluding hydrogens is 276 g/mol. The van der Waals surface area contributed by atoms with Crippen molar-refractivity contribution in [1.82, 2.24) is 29.4 Å². The predicted molar refractivity (Wildman–Crippen MR) is 85.5 cm³/mol. The molecule has 3 rings (SSSR count). The quantitative estimate of drug-likeness (QED) is 0.849. The average Bonchev–Trinajstić information content (AvgIpc) is 3.10. The third kappa shape index (κ3) is 3.06. The van der Waals surface area contributed by atoms with Gasteiger partial charge in [0.05, 0.1) is 6.20 Å². The van der Waals surface area contributed by atoms with Gasteiger partial charge in [0.15, 0.2) is 0 Å². The van der Waals surface area contributed by atoms with E-state index in [1.54, 1.807) is 0 Å². The van der Waals surface area contributed by atoms with E-state index in [4.69, 9.17) is 0 Å². The van der Waals surface area contributed by atoms with Crippen molar-refractivity contribution in [3.05, 3.63) is 29.6 Å². The number of aryl methyl sites for hydroxylation is 2. The first-order valence-electron chi connectivity index (χ1n) is 8.26. The second kappa shape index (κ2) is 6.60. The van der Waals surface area contributed by atoms with Crippen LogP contribution in [0.25, 0.3) is 0 Å². The van der Waals surface area contributed by atoms with Crippen LogP contribution in [0.2, 0.25) is 0 Å². The van der Waals surface area contributed by atoms with Crippen LogP contribution in [0.3, 0.4) is 0 Å². The highest BCUT2D eigenvalue weighted by molar-refractivity contribution is 5.16. The van der Waals surface area contributed by atoms with Crippen LogP contribution in [0.1, 0.15) is 49.2 Å². The summed E-state index contributed by atoms with van der Waals surface area (Å²) < 4.78 is 4.18. The molecule has 0 spiro atoms. The molecule has 1 aliphatic heterocycles. The molecule has 22 heavy (non-hydrogen) atoms. The van der Waals surface area contributed by atoms with Crippen LogP contribution in [0, 0.1) is 6.92 Å². The van der Waals surface area contributed by atoms with Gasteiger partial charge in [-0.25, -0.2) is 0 Å². The first-order valence-corrected chi connectivity index (χ1v) is 8.26. The molecule has 6 heteroatoms. The van der Waals surface area contributed by atoms with Crippen LogP contribution in [0.15, 0.2) is 12.5 Å². The maximum atomic E-state index is 4.39. The van der Waals surface area contributed by atoms with E-state index in [2.05, 4.69) is 38.6 Å². The van der Waals surface area contributed by atoms with E-state index in [1.807, 2.05) is 24.3 Å². The molecule has 1 aliphatic rings. The topological polar surface area (TPSA) is 51.8 Å². The molecule has 2 aromatic rings. The number of likely N-dealkylation sites (tertiary alicyclic amines) is 1. The Morgan fingerprint density at radius 3 is 2.95 bits per heavy atom. The largest absolute Gasteiger partial charge is 0.317 e. The standard InChI is InChI=1S/C16H26N6/c1-4-7-22-12-17-19-16(22)14-6-5-8-21(10-14)11-15-9-18-20(3)13(15)2/h9,12,14H,4-8,10-11H2,1-3H3/t14-/m0/s1. The van der Waals surface area contributed by atoms with E-state index in [0.29, 0.717) is 5.92 Å². The van der Waals surface area contributed by atoms with Crippen molar-refractivity contribution in [3.63, 3.8) is 0 Å². The third-order valence-corrected chi connectivity index (χ3v) is 4.71. The Labute approximate surface area is 132 Å². The van der Waals surface area contributed by atoms with Gasteiger partial charge < -0.3 is 4.57 Å². The van der Waals surface area contributed by atoms with Crippen molar-refractivity contribution >= 4 is 0 Å². The van der Waals surface area contributed by atoms with Crippen molar-refractivity contribution in [2.24, 2.45) is 7.05 Å². The zero-order valence-electron chi connectivity index (χ0n) is 13.9. The zero-order valence-corrected chi connectivity index (χ0v) is 13.9. The minimum absolute atomic E-state index is 0.500. The van der Waals surface area contributed by atoms with Crippen molar-refractivity contribution in [2.45, 2.75) is 52.1 Å². The molecule has 0 aliphatic carbocycles. The highest BCUT2D eigenvalue weighted by Crippen LogP contribution is 2.26. The predicted octanol–water partition coefficient (Wildman–Crippen LogP) is 2.11. The summed E-state index contributed by atoms with van der Waals surface area (Å²) in [5.41, 5.74) is 2.59. The fourth-order valence-electron chi connectivity index (χ4n) is 3.34. The summed E-state index contributed by atoms with van der Waals surface area (Å²) in [6.07, 6.45) is 7.44. The molecule has 1 fully saturated rings. The van der Waals surface area contributed by atoms with Crippen molar-refractivity contribution in [3.8, 4) is 0 Å². The lowest BCUT2D eigenvalue weighted by atomic mass is 9.96. The molecule has 6 nitrogen and oxygen atoms in total. The lowest BCUT2D eigenvalue weighted by Gasteiger charge is -2.32. The van der Waals surface area contributed by atoms with Gasteiger partial charge in [0.2, 0.25) is 0 Å². The number of hydrogen-bond donors (Lipinski definition) is 0. The molecule has 0 saturated carbocycles. The molecule has 0 aromatic carbocycles. The number of aromatic nitrogens is 5. The fourth-order valence-corrected chi connectivity index (χ4v) is 3.34. The maximum absolute atomic E-state index is 4.39. The fraction of sp³-hybridized carbons (Fsp3) is 0.688. The molecule has 3 heterocycles. The molecule has 0 radical (unpaired) electrons. The summed E-state index contributed by atoms with van der Waals surface area (Å²) in [6.45, 7) is 8.56. The molecule has 1 saturated heterocycles. The van der Waals surface area contributed by atoms with Gasteiger partial charge in [-0.05, 0) is 32.7 Å². The van der Waals surface area contributed by atoms with E-state index in [1.165, 1.54) is 24.1 Å². The minimum atomic E-state index is 0.500. The van der Waals surface area contributed by atoms with Gasteiger partial charge in [0, 0.05) is 43.9 Å². The second-order valence-electron chi connectivity index (χ2n) is 6.34. The molecule has 120 valence electrons. The maximum Gasteiger partial charge on any atom is 0.137 e. The van der Waals surface area contributed by atoms with Gasteiger partial charge in [0.25, 0.3) is 0 Å². The summed E-state index contributed by atoms with van der Waals surface area (Å²) in [7, 11) is 2.01. The first kappa shape index (κ1) is 15.2. The van der Waals surface area contributed by atoms with Gasteiger partial charge in [-0.1, -0.05) is 6.92 Å². The lowest BCUT2D eigenvalue weighted by molar-refractivity contribution is 0.194. The van der Waals surface area contributed by atoms with Crippen molar-refractivity contribution in [2.75, 3.05) is 13.1 Å². The summed E-state index contributed by atoms with van der Waals surface area (Å²) in [4.78, 5) is 2.53. The normalized spacial score (nSPS) is 19.7. The number of nitrogens with zero attached hydrogens (tertiary/aromatic N) is 6. The second-order valence-corrected chi connectivity index (χ2v) is 6.34. The van der Waals surface area contributed by atoms with E-state index in [-0.39, 0.29) is 0 Å². The Bertz CT molecular complexity index is 614. The Kier molecular flexibility index (Phi) is 4.57. The van der Waals surface area contributed by atoms with E-state index in [9.17, 15) is 0 Å². The van der Waals surface area contributed by atoms with Gasteiger partial charge in [0.1, 0.15) is 12.2 Å². The number of hydrogen-bond acceptors (Lipinski definition) is 4. The van der Waals surface area contributed by atoms with E-state index >= 15 is 0 Å². The molecule has 0 amide bonds. The Hall–Kier alpha value is -1.69. The van der Waals surface area contributed by atoms with Gasteiger partial charge in [-0.2, -0.15) is 5.10 Å². The molecule has 0 bridgehead atoms. The van der Waals surface area contributed by atoms with Crippen LogP contribution in [0.4, 0.5) is 0 Å². The van der Waals surface area contributed by atoms with Crippen LogP contribution in [0.5, 0.6) is 0 Å². The smallest absolute Gasteiger partial charge is 0.137 e. The first-order chi connectivity index (χ1) is 10.7. The molecule has 1 atom stereocenters. The third-order valence-electron chi connectivity index (χ3n) is 4.71. The minimum Gasteiger partial charge on any atom is -0.317 e. The molecule has 2 aromatic heterocycles. The van der Waals surface area contributed by atoms with Crippen molar-refractivity contribution in [1.29, 1.82) is 0 Å². The highest BCUT2D eigenvalue weighted by Gasteiger charge is 2.25. The highest BCUT2D eigenvalue weighted by atomic mass is 15.3. The average molecular weight is 302 g/mol. The SMILES string of the molecule is CCCn1cnnc1[C@H]1CCCN(Cc2cnn(C)c2C)C1. The summed E-state index contributed by atoms with van der Waals surface area (Å²) in [5.74, 6) is 1.66. The van der Waals surface area contributed by atoms with Gasteiger partial charge in [-0.3, -0.25) is 9.58 Å². The van der Waals surface area contributed by atoms with Crippen LogP contribution in [-0.2, 0) is 20.1 Å². The van der Waals surface area contributed by atoms with Crippen molar-refractivity contribution < 1.29 is 0 Å². The monoisotopic (exact) mass is 302 g/mol. The molecule has 0 N–H and O–H groups in total. The van der Waals surface area contributed by atoms with E-state index in [0.717, 1.165) is 38.4 Å². The summed E-state index contributed by atoms with van der Waals surface area (Å²) in [6, 6.07) is 0. The molecule has 0 unspecified atom stereocenters. The number of piperidine rings is 1. The van der Waals surface area contributed by atoms with Crippen LogP contribution < -0.4 is 0 Å². The lowest BCUT2D eigenvalue weighted by Crippen LogP contribution is -2.35. The van der Waals surface area contributed by atoms with Crippen LogP contribution >= 0.6 is 0 Å². The Morgan fingerprint density at radius 2 is 2.23 bits per heavy atom. The summed E-state index contributed by atoms with van der Waals surface area (Å²) >= 11 is 0.